The van der Waals surface area contributed by atoms with Gasteiger partial charge in [-0.25, -0.2) is 4.57 Å². The van der Waals surface area contributed by atoms with Crippen molar-refractivity contribution in [3.63, 3.8) is 0 Å². The number of carboxylic acids is 8. The Morgan fingerprint density at radius 3 is 1.23 bits per heavy atom. The zero-order valence-corrected chi connectivity index (χ0v) is 56.7. The number of hydrogen-bond donors (Lipinski definition) is 13. The van der Waals surface area contributed by atoms with Gasteiger partial charge in [0.25, 0.3) is 0 Å². The molecule has 1 saturated heterocycles. The molecule has 1 rings (SSSR count). The summed E-state index contributed by atoms with van der Waals surface area (Å²) < 4.78 is 38.5. The van der Waals surface area contributed by atoms with E-state index in [9.17, 15) is 122 Å². The number of hydrogen-bond acceptors (Lipinski definition) is 25. The Hall–Kier alpha value is -7.33. The molecule has 38 nitrogen and oxygen atoms in total. The van der Waals surface area contributed by atoms with Crippen LogP contribution in [0.5, 0.6) is 0 Å². The first-order valence-corrected chi connectivity index (χ1v) is 34.1. The van der Waals surface area contributed by atoms with Crippen molar-refractivity contribution in [2.75, 3.05) is 125 Å². The molecule has 13 N–H and O–H groups in total. The minimum absolute atomic E-state index is 0.00644. The van der Waals surface area contributed by atoms with Crippen LogP contribution in [0.25, 0.3) is 0 Å². The number of unbranched alkanes of at least 4 members (excludes halogenated alkanes) is 6. The topological polar surface area (TPSA) is 562 Å². The highest BCUT2D eigenvalue weighted by molar-refractivity contribution is 8.00. The van der Waals surface area contributed by atoms with E-state index in [1.807, 2.05) is 0 Å². The number of carbonyl (C=O) groups excluding carboxylic acids is 7. The van der Waals surface area contributed by atoms with Crippen molar-refractivity contribution in [2.45, 2.75) is 151 Å². The number of amides is 6. The molecule has 5 unspecified atom stereocenters. The smallest absolute Gasteiger partial charge is 0.471 e. The summed E-state index contributed by atoms with van der Waals surface area (Å²) in [5.41, 5.74) is -1.73. The van der Waals surface area contributed by atoms with Crippen molar-refractivity contribution in [3.8, 4) is 0 Å². The predicted molar refractivity (Wildman–Crippen MR) is 339 cm³/mol. The summed E-state index contributed by atoms with van der Waals surface area (Å²) in [4.78, 5) is 197. The zero-order valence-electron chi connectivity index (χ0n) is 55.0. The second kappa shape index (κ2) is 49.2. The summed E-state index contributed by atoms with van der Waals surface area (Å²) in [6.07, 6.45) is 1.63. The van der Waals surface area contributed by atoms with Crippen LogP contribution < -0.4 is 21.3 Å². The number of nitrogens with zero attached hydrogens (tertiary/aromatic N) is 4. The quantitative estimate of drug-likeness (QED) is 0.0193. The van der Waals surface area contributed by atoms with Gasteiger partial charge in [0.1, 0.15) is 29.4 Å². The number of Topliss-reactive ketones (excluding diaryl/α,β-unsaturated/α-hetero) is 1. The summed E-state index contributed by atoms with van der Waals surface area (Å²) in [6.45, 7) is -6.10. The van der Waals surface area contributed by atoms with Crippen LogP contribution in [0.3, 0.4) is 0 Å². The first kappa shape index (κ1) is 88.7. The van der Waals surface area contributed by atoms with Gasteiger partial charge in [0, 0.05) is 65.4 Å². The second-order valence-electron chi connectivity index (χ2n) is 22.8. The van der Waals surface area contributed by atoms with Crippen molar-refractivity contribution in [3.05, 3.63) is 0 Å². The maximum Gasteiger partial charge on any atom is 0.471 e. The fourth-order valence-electron chi connectivity index (χ4n) is 9.84. The number of ether oxygens (including phenoxy) is 3. The molecule has 0 saturated carbocycles. The highest BCUT2D eigenvalue weighted by atomic mass is 32.2. The van der Waals surface area contributed by atoms with Gasteiger partial charge >= 0.3 is 55.6 Å². The lowest BCUT2D eigenvalue weighted by molar-refractivity contribution is -0.152. The standard InChI is InChI=1S/C58H95N8O30PS/c1-39(67)30-63(31-49(73)74)40(55(84)85)13-5-8-20-59-44(68)17-25-93-36-58(37-94-26-18-45(69)60-21-9-6-14-41(56(86)87)64(32-50(75)76)33-51(77)78,38-95-27-19-46(70)61-22-10-7-15-42(57(88)89)65(34-52(79)80)35-53(81)82)62-47(71)16-23-66-48(72)29-43(54(66)83)98-28-12-4-3-11-24-96-97(90,91)92-2/h40-43H,3-38H2,1-2H3,(H,59,68)(H,60,69)(H,61,70)(H,62,71)(H,73,74)(H,75,76)(H,77,78)(H,79,80)(H,81,82)(H,84,85)(H,86,87)(H,88,89)(H,90,91). The number of thioether (sulfide) groups is 1. The SMILES string of the molecule is COP(=O)(O)OCCCCCCSC1CC(=O)N(CCC(=O)NC(COCCC(=O)NCCCCC(C(=O)O)N(CC(C)=O)CC(=O)O)(COCCC(=O)NCCCCC(C(=O)O)N(CC(=O)O)CC(=O)O)COCCC(=O)NCCCCC(C(=O)O)N(CC(=O)O)CC(=O)O)C1=O. The normalized spacial score (nSPS) is 15.2. The van der Waals surface area contributed by atoms with Crippen molar-refractivity contribution in [2.24, 2.45) is 0 Å². The molecular formula is C58H95N8O30PS. The Bertz CT molecular complexity index is 2440. The number of phosphoric acid groups is 1. The van der Waals surface area contributed by atoms with Crippen LogP contribution in [0.4, 0.5) is 0 Å². The Balaban J connectivity index is 3.34. The van der Waals surface area contributed by atoms with E-state index in [1.54, 1.807) is 0 Å². The van der Waals surface area contributed by atoms with Gasteiger partial charge in [-0.2, -0.15) is 0 Å². The summed E-state index contributed by atoms with van der Waals surface area (Å²) in [6, 6.07) is -4.23. The average molecular weight is 1450 g/mol. The number of rotatable bonds is 62. The molecule has 0 aromatic carbocycles. The first-order chi connectivity index (χ1) is 46.2. The lowest BCUT2D eigenvalue weighted by Gasteiger charge is -2.34. The molecular weight excluding hydrogens is 1350 g/mol. The second-order valence-corrected chi connectivity index (χ2v) is 25.7. The summed E-state index contributed by atoms with van der Waals surface area (Å²) in [5.74, 6) is -14.8. The third-order valence-corrected chi connectivity index (χ3v) is 16.8. The van der Waals surface area contributed by atoms with E-state index in [0.717, 1.165) is 26.7 Å². The summed E-state index contributed by atoms with van der Waals surface area (Å²) in [5, 5.41) is 85.2. The Kier molecular flexibility index (Phi) is 44.5. The van der Waals surface area contributed by atoms with Gasteiger partial charge < -0.3 is 81.2 Å². The Morgan fingerprint density at radius 1 is 0.520 bits per heavy atom. The number of aliphatic carboxylic acids is 8. The molecule has 0 aromatic heterocycles. The van der Waals surface area contributed by atoms with E-state index < -0.39 is 191 Å². The number of likely N-dealkylation sites (tertiary alicyclic amines) is 1. The van der Waals surface area contributed by atoms with Gasteiger partial charge in [-0.05, 0) is 83.3 Å². The minimum Gasteiger partial charge on any atom is -0.480 e. The van der Waals surface area contributed by atoms with E-state index in [2.05, 4.69) is 25.8 Å². The summed E-state index contributed by atoms with van der Waals surface area (Å²) >= 11 is 1.25. The molecule has 98 heavy (non-hydrogen) atoms. The summed E-state index contributed by atoms with van der Waals surface area (Å²) in [7, 11) is -3.06. The van der Waals surface area contributed by atoms with Crippen LogP contribution >= 0.6 is 19.6 Å². The van der Waals surface area contributed by atoms with Crippen LogP contribution in [-0.2, 0) is 99.7 Å². The lowest BCUT2D eigenvalue weighted by atomic mass is 10.0. The van der Waals surface area contributed by atoms with E-state index >= 15 is 0 Å². The highest BCUT2D eigenvalue weighted by Gasteiger charge is 2.40. The maximum atomic E-state index is 14.0. The molecule has 5 atom stereocenters. The Labute approximate surface area is 569 Å². The van der Waals surface area contributed by atoms with E-state index in [1.165, 1.54) is 18.7 Å². The molecule has 1 fully saturated rings. The van der Waals surface area contributed by atoms with Crippen molar-refractivity contribution < 1.29 is 145 Å². The number of imide groups is 1. The van der Waals surface area contributed by atoms with E-state index in [-0.39, 0.29) is 136 Å². The predicted octanol–water partition coefficient (Wildman–Crippen LogP) is -1.23. The van der Waals surface area contributed by atoms with Crippen molar-refractivity contribution in [1.82, 2.24) is 40.9 Å². The molecule has 0 spiro atoms. The van der Waals surface area contributed by atoms with Crippen LogP contribution in [0.2, 0.25) is 0 Å². The van der Waals surface area contributed by atoms with Gasteiger partial charge in [-0.15, -0.1) is 11.8 Å². The molecule has 1 heterocycles. The van der Waals surface area contributed by atoms with Crippen LogP contribution in [0, 0.1) is 0 Å². The number of carbonyl (C=O) groups is 15. The molecule has 1 aliphatic heterocycles. The monoisotopic (exact) mass is 1450 g/mol. The number of phosphoric ester groups is 1. The molecule has 0 aromatic rings. The lowest BCUT2D eigenvalue weighted by Crippen LogP contribution is -2.59. The van der Waals surface area contributed by atoms with Crippen LogP contribution in [0.15, 0.2) is 0 Å². The molecule has 0 bridgehead atoms. The van der Waals surface area contributed by atoms with Gasteiger partial charge in [-0.3, -0.25) is 101 Å². The number of nitrogens with one attached hydrogen (secondary N) is 4. The molecule has 0 radical (unpaired) electrons. The van der Waals surface area contributed by atoms with E-state index in [4.69, 9.17) is 18.7 Å². The largest absolute Gasteiger partial charge is 0.480 e. The number of carboxylic acid groups (broad SMARTS) is 8. The maximum absolute atomic E-state index is 14.0. The molecule has 40 heteroatoms. The molecule has 6 amide bonds. The fraction of sp³-hybridized carbons (Fsp3) is 0.741. The first-order valence-electron chi connectivity index (χ1n) is 31.5. The zero-order chi connectivity index (χ0) is 73.8. The number of ketones is 1. The van der Waals surface area contributed by atoms with Gasteiger partial charge in [0.2, 0.25) is 35.4 Å². The molecule has 0 aliphatic carbocycles. The molecule has 1 aliphatic rings. The molecule has 558 valence electrons. The third kappa shape index (κ3) is 40.5. The van der Waals surface area contributed by atoms with E-state index in [0.29, 0.717) is 31.4 Å². The fourth-order valence-corrected chi connectivity index (χ4v) is 11.5. The van der Waals surface area contributed by atoms with Crippen molar-refractivity contribution in [1.29, 1.82) is 0 Å². The van der Waals surface area contributed by atoms with Gasteiger partial charge in [0.05, 0.1) is 90.8 Å². The van der Waals surface area contributed by atoms with Gasteiger partial charge in [0.15, 0.2) is 0 Å². The average Bonchev–Trinajstić information content (AvgIpc) is 1.66. The Morgan fingerprint density at radius 2 is 0.888 bits per heavy atom. The third-order valence-electron chi connectivity index (χ3n) is 14.5. The van der Waals surface area contributed by atoms with Crippen molar-refractivity contribution >= 4 is 109 Å². The van der Waals surface area contributed by atoms with Crippen LogP contribution in [-0.4, -0.2) is 308 Å². The van der Waals surface area contributed by atoms with Crippen LogP contribution in [0.1, 0.15) is 122 Å². The minimum atomic E-state index is -4.10. The highest BCUT2D eigenvalue weighted by Crippen LogP contribution is 2.42. The van der Waals surface area contributed by atoms with Gasteiger partial charge in [-0.1, -0.05) is 12.8 Å².